The van der Waals surface area contributed by atoms with E-state index in [0.29, 0.717) is 23.1 Å². The van der Waals surface area contributed by atoms with Crippen molar-refractivity contribution in [2.75, 3.05) is 6.54 Å². The highest BCUT2D eigenvalue weighted by Crippen LogP contribution is 2.28. The number of aromatic nitrogens is 2. The SMILES string of the molecule is Cc1ccc(C(=O)NCCCCCc2nc3ccccc3n2Cc2c(Cl)cccc2Cl)c(C)c1. The van der Waals surface area contributed by atoms with E-state index >= 15 is 0 Å². The van der Waals surface area contributed by atoms with E-state index in [1.807, 2.05) is 68.4 Å². The van der Waals surface area contributed by atoms with Crippen molar-refractivity contribution in [3.63, 3.8) is 0 Å². The Morgan fingerprint density at radius 1 is 0.941 bits per heavy atom. The second-order valence-corrected chi connectivity index (χ2v) is 9.50. The lowest BCUT2D eigenvalue weighted by atomic mass is 10.1. The third kappa shape index (κ3) is 5.63. The van der Waals surface area contributed by atoms with Crippen LogP contribution >= 0.6 is 23.2 Å². The summed E-state index contributed by atoms with van der Waals surface area (Å²) in [5.74, 6) is 1.02. The second-order valence-electron chi connectivity index (χ2n) is 8.69. The van der Waals surface area contributed by atoms with Crippen LogP contribution in [0.2, 0.25) is 10.0 Å². The van der Waals surface area contributed by atoms with Crippen LogP contribution < -0.4 is 5.32 Å². The molecule has 34 heavy (non-hydrogen) atoms. The number of carbonyl (C=O) groups is 1. The number of para-hydroxylation sites is 2. The highest BCUT2D eigenvalue weighted by molar-refractivity contribution is 6.36. The lowest BCUT2D eigenvalue weighted by Crippen LogP contribution is -2.25. The summed E-state index contributed by atoms with van der Waals surface area (Å²) in [4.78, 5) is 17.3. The number of unbranched alkanes of at least 4 members (excludes halogenated alkanes) is 2. The molecule has 176 valence electrons. The molecule has 4 nitrogen and oxygen atoms in total. The number of rotatable bonds is 9. The first-order valence-corrected chi connectivity index (χ1v) is 12.4. The van der Waals surface area contributed by atoms with Gasteiger partial charge in [0.2, 0.25) is 0 Å². The predicted octanol–water partition coefficient (Wildman–Crippen LogP) is 7.15. The molecule has 4 rings (SSSR count). The smallest absolute Gasteiger partial charge is 0.251 e. The molecule has 0 saturated heterocycles. The molecule has 0 spiro atoms. The van der Waals surface area contributed by atoms with E-state index in [1.165, 1.54) is 0 Å². The number of halogens is 2. The molecule has 6 heteroatoms. The first-order chi connectivity index (χ1) is 16.4. The van der Waals surface area contributed by atoms with Gasteiger partial charge in [0.1, 0.15) is 5.82 Å². The van der Waals surface area contributed by atoms with Gasteiger partial charge in [-0.15, -0.1) is 0 Å². The molecule has 1 N–H and O–H groups in total. The average molecular weight is 494 g/mol. The molecule has 0 aliphatic rings. The molecule has 0 unspecified atom stereocenters. The summed E-state index contributed by atoms with van der Waals surface area (Å²) in [6, 6.07) is 19.7. The van der Waals surface area contributed by atoms with Gasteiger partial charge in [0.05, 0.1) is 17.6 Å². The fourth-order valence-electron chi connectivity index (χ4n) is 4.28. The number of benzene rings is 3. The highest BCUT2D eigenvalue weighted by Gasteiger charge is 2.14. The summed E-state index contributed by atoms with van der Waals surface area (Å²) >= 11 is 12.9. The van der Waals surface area contributed by atoms with Gasteiger partial charge >= 0.3 is 0 Å². The lowest BCUT2D eigenvalue weighted by molar-refractivity contribution is 0.0952. The molecule has 0 fully saturated rings. The van der Waals surface area contributed by atoms with Gasteiger partial charge in [-0.05, 0) is 62.6 Å². The number of imidazole rings is 1. The van der Waals surface area contributed by atoms with Gasteiger partial charge in [0.25, 0.3) is 5.91 Å². The van der Waals surface area contributed by atoms with Gasteiger partial charge in [-0.25, -0.2) is 4.98 Å². The predicted molar refractivity (Wildman–Crippen MR) is 141 cm³/mol. The quantitative estimate of drug-likeness (QED) is 0.251. The molecule has 0 radical (unpaired) electrons. The first kappa shape index (κ1) is 24.3. The Kier molecular flexibility index (Phi) is 7.91. The summed E-state index contributed by atoms with van der Waals surface area (Å²) in [7, 11) is 0. The van der Waals surface area contributed by atoms with Crippen molar-refractivity contribution in [2.45, 2.75) is 46.1 Å². The second kappa shape index (κ2) is 11.1. The molecular weight excluding hydrogens is 465 g/mol. The maximum Gasteiger partial charge on any atom is 0.251 e. The number of carbonyl (C=O) groups excluding carboxylic acids is 1. The molecule has 0 aliphatic heterocycles. The topological polar surface area (TPSA) is 46.9 Å². The van der Waals surface area contributed by atoms with Crippen LogP contribution in [-0.4, -0.2) is 22.0 Å². The Morgan fingerprint density at radius 2 is 1.71 bits per heavy atom. The maximum absolute atomic E-state index is 12.5. The number of nitrogens with zero attached hydrogens (tertiary/aromatic N) is 2. The van der Waals surface area contributed by atoms with Crippen molar-refractivity contribution >= 4 is 40.1 Å². The van der Waals surface area contributed by atoms with Gasteiger partial charge in [-0.1, -0.05) is 65.5 Å². The van der Waals surface area contributed by atoms with Crippen molar-refractivity contribution < 1.29 is 4.79 Å². The fourth-order valence-corrected chi connectivity index (χ4v) is 4.80. The zero-order valence-electron chi connectivity index (χ0n) is 19.6. The molecule has 1 heterocycles. The Labute approximate surface area is 210 Å². The number of fused-ring (bicyclic) bond motifs is 1. The summed E-state index contributed by atoms with van der Waals surface area (Å²) in [6.45, 7) is 5.26. The Balaban J connectivity index is 1.35. The zero-order chi connectivity index (χ0) is 24.1. The van der Waals surface area contributed by atoms with E-state index in [0.717, 1.165) is 64.8 Å². The first-order valence-electron chi connectivity index (χ1n) is 11.7. The third-order valence-corrected chi connectivity index (χ3v) is 6.81. The van der Waals surface area contributed by atoms with Gasteiger partial charge in [0, 0.05) is 34.1 Å². The minimum Gasteiger partial charge on any atom is -0.352 e. The largest absolute Gasteiger partial charge is 0.352 e. The lowest BCUT2D eigenvalue weighted by Gasteiger charge is -2.12. The fraction of sp³-hybridized carbons (Fsp3) is 0.286. The van der Waals surface area contributed by atoms with Crippen molar-refractivity contribution in [2.24, 2.45) is 0 Å². The molecule has 1 aromatic heterocycles. The summed E-state index contributed by atoms with van der Waals surface area (Å²) < 4.78 is 2.21. The van der Waals surface area contributed by atoms with Crippen molar-refractivity contribution in [1.29, 1.82) is 0 Å². The van der Waals surface area contributed by atoms with Crippen molar-refractivity contribution in [3.05, 3.63) is 98.8 Å². The number of nitrogens with one attached hydrogen (secondary N) is 1. The number of amides is 1. The summed E-state index contributed by atoms with van der Waals surface area (Å²) in [5.41, 5.74) is 5.88. The Hall–Kier alpha value is -2.82. The van der Waals surface area contributed by atoms with E-state index in [9.17, 15) is 4.79 Å². The molecule has 1 amide bonds. The van der Waals surface area contributed by atoms with Crippen LogP contribution in [0.25, 0.3) is 11.0 Å². The van der Waals surface area contributed by atoms with Crippen molar-refractivity contribution in [1.82, 2.24) is 14.9 Å². The Morgan fingerprint density at radius 3 is 2.47 bits per heavy atom. The normalized spacial score (nSPS) is 11.2. The van der Waals surface area contributed by atoms with Crippen LogP contribution in [0, 0.1) is 13.8 Å². The standard InChI is InChI=1S/C28H29Cl2N3O/c1-19-14-15-21(20(2)17-19)28(34)31-16-7-3-4-13-27-32-25-11-5-6-12-26(25)33(27)18-22-23(29)9-8-10-24(22)30/h5-6,8-12,14-15,17H,3-4,7,13,16,18H2,1-2H3,(H,31,34). The van der Waals surface area contributed by atoms with Gasteiger partial charge in [-0.3, -0.25) is 4.79 Å². The molecule has 0 atom stereocenters. The van der Waals surface area contributed by atoms with Crippen molar-refractivity contribution in [3.8, 4) is 0 Å². The minimum atomic E-state index is -0.00379. The van der Waals surface area contributed by atoms with E-state index in [1.54, 1.807) is 0 Å². The molecule has 0 saturated carbocycles. The summed E-state index contributed by atoms with van der Waals surface area (Å²) in [6.07, 6.45) is 3.76. The molecule has 0 aliphatic carbocycles. The molecule has 0 bridgehead atoms. The number of aryl methyl sites for hydroxylation is 3. The molecule has 4 aromatic rings. The van der Waals surface area contributed by atoms with Gasteiger partial charge in [0.15, 0.2) is 0 Å². The van der Waals surface area contributed by atoms with E-state index in [2.05, 4.69) is 16.0 Å². The third-order valence-electron chi connectivity index (χ3n) is 6.10. The molecular formula is C28H29Cl2N3O. The van der Waals surface area contributed by atoms with Crippen LogP contribution in [0.5, 0.6) is 0 Å². The average Bonchev–Trinajstić information content (AvgIpc) is 3.15. The summed E-state index contributed by atoms with van der Waals surface area (Å²) in [5, 5.41) is 4.37. The van der Waals surface area contributed by atoms with Crippen LogP contribution in [0.4, 0.5) is 0 Å². The van der Waals surface area contributed by atoms with Crippen LogP contribution in [0.3, 0.4) is 0 Å². The Bertz CT molecular complexity index is 1290. The van der Waals surface area contributed by atoms with Crippen LogP contribution in [0.1, 0.15) is 52.1 Å². The van der Waals surface area contributed by atoms with E-state index < -0.39 is 0 Å². The van der Waals surface area contributed by atoms with Crippen LogP contribution in [-0.2, 0) is 13.0 Å². The van der Waals surface area contributed by atoms with E-state index in [-0.39, 0.29) is 5.91 Å². The van der Waals surface area contributed by atoms with Gasteiger partial charge in [-0.2, -0.15) is 0 Å². The minimum absolute atomic E-state index is 0.00379. The highest BCUT2D eigenvalue weighted by atomic mass is 35.5. The monoisotopic (exact) mass is 493 g/mol. The molecule has 3 aromatic carbocycles. The number of hydrogen-bond donors (Lipinski definition) is 1. The van der Waals surface area contributed by atoms with Gasteiger partial charge < -0.3 is 9.88 Å². The van der Waals surface area contributed by atoms with E-state index in [4.69, 9.17) is 28.2 Å². The maximum atomic E-state index is 12.5. The van der Waals surface area contributed by atoms with Crippen LogP contribution in [0.15, 0.2) is 60.7 Å². The zero-order valence-corrected chi connectivity index (χ0v) is 21.1. The number of hydrogen-bond acceptors (Lipinski definition) is 2.